The Morgan fingerprint density at radius 3 is 2.95 bits per heavy atom. The van der Waals surface area contributed by atoms with Gasteiger partial charge in [-0.05, 0) is 51.1 Å². The van der Waals surface area contributed by atoms with Crippen molar-refractivity contribution in [3.63, 3.8) is 0 Å². The minimum Gasteiger partial charge on any atom is -0.338 e. The fraction of sp³-hybridized carbons (Fsp3) is 0.750. The lowest BCUT2D eigenvalue weighted by Gasteiger charge is -2.31. The molecule has 0 aliphatic carbocycles. The van der Waals surface area contributed by atoms with E-state index in [0.717, 1.165) is 57.9 Å². The van der Waals surface area contributed by atoms with Crippen LogP contribution in [0, 0.1) is 5.92 Å². The Balaban J connectivity index is 1.35. The molecule has 0 radical (unpaired) electrons. The Kier molecular flexibility index (Phi) is 5.67. The van der Waals surface area contributed by atoms with E-state index in [4.69, 9.17) is 0 Å². The summed E-state index contributed by atoms with van der Waals surface area (Å²) in [6.45, 7) is 4.75. The van der Waals surface area contributed by atoms with Crippen LogP contribution in [0.25, 0.3) is 0 Å². The molecular weight excluding hydrogens is 296 g/mol. The first-order valence-electron chi connectivity index (χ1n) is 8.44. The zero-order chi connectivity index (χ0) is 15.2. The predicted octanol–water partition coefficient (Wildman–Crippen LogP) is 2.42. The number of hydrogen-bond acceptors (Lipinski definition) is 4. The number of urea groups is 1. The lowest BCUT2D eigenvalue weighted by atomic mass is 9.94. The quantitative estimate of drug-likeness (QED) is 0.895. The summed E-state index contributed by atoms with van der Waals surface area (Å²) >= 11 is 1.66. The number of thiazole rings is 1. The van der Waals surface area contributed by atoms with Gasteiger partial charge in [0.25, 0.3) is 0 Å². The van der Waals surface area contributed by atoms with Crippen molar-refractivity contribution in [2.24, 2.45) is 5.92 Å². The summed E-state index contributed by atoms with van der Waals surface area (Å²) in [4.78, 5) is 18.6. The molecule has 1 atom stereocenters. The number of carbonyl (C=O) groups is 1. The van der Waals surface area contributed by atoms with E-state index < -0.39 is 0 Å². The molecule has 122 valence electrons. The third-order valence-corrected chi connectivity index (χ3v) is 5.48. The number of nitrogens with zero attached hydrogens (tertiary/aromatic N) is 2. The largest absolute Gasteiger partial charge is 0.338 e. The van der Waals surface area contributed by atoms with Gasteiger partial charge in [0.2, 0.25) is 0 Å². The van der Waals surface area contributed by atoms with Crippen molar-refractivity contribution >= 4 is 17.4 Å². The summed E-state index contributed by atoms with van der Waals surface area (Å²) in [5.41, 5.74) is 3.10. The second-order valence-electron chi connectivity index (χ2n) is 6.41. The number of aromatic nitrogens is 1. The van der Waals surface area contributed by atoms with Crippen molar-refractivity contribution in [1.29, 1.82) is 0 Å². The standard InChI is InChI=1S/C16H26N4OS/c21-16(18-7-3-13-2-1-6-17-10-13)20-8-4-14(5-9-20)15-11-22-12-19-15/h11-14,17H,1-10H2,(H,18,21). The SMILES string of the molecule is O=C(NCCC1CCCNC1)N1CCC(c2cscn2)CC1. The highest BCUT2D eigenvalue weighted by Crippen LogP contribution is 2.27. The summed E-state index contributed by atoms with van der Waals surface area (Å²) in [7, 11) is 0. The number of hydrogen-bond donors (Lipinski definition) is 2. The number of piperidine rings is 2. The molecule has 1 aromatic heterocycles. The van der Waals surface area contributed by atoms with Gasteiger partial charge in [-0.3, -0.25) is 0 Å². The molecule has 0 saturated carbocycles. The van der Waals surface area contributed by atoms with Crippen molar-refractivity contribution in [3.8, 4) is 0 Å². The molecule has 6 heteroatoms. The topological polar surface area (TPSA) is 57.3 Å². The normalized spacial score (nSPS) is 23.5. The van der Waals surface area contributed by atoms with Crippen molar-refractivity contribution < 1.29 is 4.79 Å². The minimum absolute atomic E-state index is 0.112. The van der Waals surface area contributed by atoms with Crippen molar-refractivity contribution in [3.05, 3.63) is 16.6 Å². The van der Waals surface area contributed by atoms with Crippen LogP contribution in [-0.4, -0.2) is 48.6 Å². The molecule has 22 heavy (non-hydrogen) atoms. The first kappa shape index (κ1) is 15.7. The van der Waals surface area contributed by atoms with Crippen molar-refractivity contribution in [2.45, 2.75) is 38.0 Å². The molecule has 0 aromatic carbocycles. The maximum atomic E-state index is 12.2. The van der Waals surface area contributed by atoms with Crippen LogP contribution in [0.4, 0.5) is 4.79 Å². The van der Waals surface area contributed by atoms with Gasteiger partial charge in [-0.15, -0.1) is 11.3 Å². The molecule has 0 bridgehead atoms. The number of likely N-dealkylation sites (tertiary alicyclic amines) is 1. The van der Waals surface area contributed by atoms with E-state index in [2.05, 4.69) is 21.0 Å². The fourth-order valence-electron chi connectivity index (χ4n) is 3.47. The highest BCUT2D eigenvalue weighted by atomic mass is 32.1. The fourth-order valence-corrected chi connectivity index (χ4v) is 4.10. The Bertz CT molecular complexity index is 451. The lowest BCUT2D eigenvalue weighted by molar-refractivity contribution is 0.180. The summed E-state index contributed by atoms with van der Waals surface area (Å²) in [6.07, 6.45) is 5.71. The van der Waals surface area contributed by atoms with Crippen LogP contribution >= 0.6 is 11.3 Å². The zero-order valence-corrected chi connectivity index (χ0v) is 13.9. The average molecular weight is 322 g/mol. The number of amides is 2. The zero-order valence-electron chi connectivity index (χ0n) is 13.1. The van der Waals surface area contributed by atoms with Crippen LogP contribution in [0.2, 0.25) is 0 Å². The molecule has 2 saturated heterocycles. The Labute approximate surface area is 136 Å². The molecule has 2 aliphatic heterocycles. The third kappa shape index (κ3) is 4.20. The Morgan fingerprint density at radius 2 is 2.27 bits per heavy atom. The van der Waals surface area contributed by atoms with E-state index >= 15 is 0 Å². The van der Waals surface area contributed by atoms with E-state index in [9.17, 15) is 4.79 Å². The lowest BCUT2D eigenvalue weighted by Crippen LogP contribution is -2.45. The second-order valence-corrected chi connectivity index (χ2v) is 7.13. The molecule has 1 unspecified atom stereocenters. The molecule has 2 fully saturated rings. The van der Waals surface area contributed by atoms with Gasteiger partial charge in [0.1, 0.15) is 0 Å². The van der Waals surface area contributed by atoms with E-state index in [0.29, 0.717) is 5.92 Å². The summed E-state index contributed by atoms with van der Waals surface area (Å²) in [5, 5.41) is 8.66. The van der Waals surface area contributed by atoms with Gasteiger partial charge in [0, 0.05) is 30.9 Å². The van der Waals surface area contributed by atoms with Gasteiger partial charge in [0.15, 0.2) is 0 Å². The molecule has 5 nitrogen and oxygen atoms in total. The summed E-state index contributed by atoms with van der Waals surface area (Å²) in [5.74, 6) is 1.26. The minimum atomic E-state index is 0.112. The number of rotatable bonds is 4. The summed E-state index contributed by atoms with van der Waals surface area (Å²) < 4.78 is 0. The maximum absolute atomic E-state index is 12.2. The van der Waals surface area contributed by atoms with Gasteiger partial charge in [-0.2, -0.15) is 0 Å². The molecule has 0 spiro atoms. The van der Waals surface area contributed by atoms with Crippen LogP contribution in [-0.2, 0) is 0 Å². The van der Waals surface area contributed by atoms with Crippen LogP contribution in [0.1, 0.15) is 43.7 Å². The van der Waals surface area contributed by atoms with Gasteiger partial charge in [-0.1, -0.05) is 0 Å². The highest BCUT2D eigenvalue weighted by Gasteiger charge is 2.24. The van der Waals surface area contributed by atoms with Gasteiger partial charge in [-0.25, -0.2) is 9.78 Å². The molecule has 2 N–H and O–H groups in total. The van der Waals surface area contributed by atoms with E-state index in [1.807, 2.05) is 10.4 Å². The average Bonchev–Trinajstić information content (AvgIpc) is 3.10. The van der Waals surface area contributed by atoms with Crippen LogP contribution in [0.5, 0.6) is 0 Å². The molecule has 2 aliphatic rings. The van der Waals surface area contributed by atoms with E-state index in [1.165, 1.54) is 18.5 Å². The van der Waals surface area contributed by atoms with Crippen LogP contribution < -0.4 is 10.6 Å². The smallest absolute Gasteiger partial charge is 0.317 e. The molecule has 1 aromatic rings. The van der Waals surface area contributed by atoms with Crippen molar-refractivity contribution in [2.75, 3.05) is 32.7 Å². The predicted molar refractivity (Wildman–Crippen MR) is 89.3 cm³/mol. The van der Waals surface area contributed by atoms with E-state index in [1.54, 1.807) is 11.3 Å². The first-order valence-corrected chi connectivity index (χ1v) is 9.39. The number of carbonyl (C=O) groups excluding carboxylic acids is 1. The maximum Gasteiger partial charge on any atom is 0.317 e. The highest BCUT2D eigenvalue weighted by molar-refractivity contribution is 7.07. The Hall–Kier alpha value is -1.14. The van der Waals surface area contributed by atoms with Gasteiger partial charge >= 0.3 is 6.03 Å². The van der Waals surface area contributed by atoms with Crippen LogP contribution in [0.15, 0.2) is 10.9 Å². The molecular formula is C16H26N4OS. The molecule has 3 heterocycles. The van der Waals surface area contributed by atoms with E-state index in [-0.39, 0.29) is 6.03 Å². The monoisotopic (exact) mass is 322 g/mol. The van der Waals surface area contributed by atoms with Crippen LogP contribution in [0.3, 0.4) is 0 Å². The van der Waals surface area contributed by atoms with Gasteiger partial charge < -0.3 is 15.5 Å². The third-order valence-electron chi connectivity index (χ3n) is 4.88. The van der Waals surface area contributed by atoms with Crippen molar-refractivity contribution in [1.82, 2.24) is 20.5 Å². The summed E-state index contributed by atoms with van der Waals surface area (Å²) in [6, 6.07) is 0.112. The second kappa shape index (κ2) is 7.92. The number of nitrogens with one attached hydrogen (secondary N) is 2. The Morgan fingerprint density at radius 1 is 1.41 bits per heavy atom. The first-order chi connectivity index (χ1) is 10.8. The molecule has 3 rings (SSSR count). The van der Waals surface area contributed by atoms with Gasteiger partial charge in [0.05, 0.1) is 11.2 Å². The molecule has 2 amide bonds.